The van der Waals surface area contributed by atoms with Gasteiger partial charge in [-0.05, 0) is 61.1 Å². The van der Waals surface area contributed by atoms with Gasteiger partial charge in [0.1, 0.15) is 11.5 Å². The van der Waals surface area contributed by atoms with Gasteiger partial charge in [0.2, 0.25) is 0 Å². The van der Waals surface area contributed by atoms with Gasteiger partial charge in [0.15, 0.2) is 17.5 Å². The average molecular weight is 479 g/mol. The molecule has 0 fully saturated rings. The number of halogens is 4. The molecule has 0 saturated carbocycles. The Kier molecular flexibility index (Phi) is 4.04. The molecule has 0 bridgehead atoms. The van der Waals surface area contributed by atoms with E-state index < -0.39 is 11.6 Å². The molecule has 3 rings (SSSR count). The number of anilines is 1. The summed E-state index contributed by atoms with van der Waals surface area (Å²) in [7, 11) is 0. The number of rotatable bonds is 2. The van der Waals surface area contributed by atoms with E-state index in [4.69, 9.17) is 5.73 Å². The molecule has 0 aliphatic heterocycles. The molecule has 3 aromatic rings. The fourth-order valence-corrected chi connectivity index (χ4v) is 2.81. The first-order valence-electron chi connectivity index (χ1n) is 5.83. The van der Waals surface area contributed by atoms with Crippen LogP contribution in [0, 0.1) is 15.2 Å². The van der Waals surface area contributed by atoms with Crippen molar-refractivity contribution in [1.29, 1.82) is 0 Å². The first kappa shape index (κ1) is 15.2. The minimum Gasteiger partial charge on any atom is -0.383 e. The van der Waals surface area contributed by atoms with Crippen LogP contribution in [0.15, 0.2) is 28.9 Å². The minimum atomic E-state index is -1.05. The minimum absolute atomic E-state index is 0.116. The van der Waals surface area contributed by atoms with Crippen molar-refractivity contribution in [1.82, 2.24) is 25.2 Å². The SMILES string of the molecule is Nc1ncc(Br)c(I)c1-c1nnnn1-c1cccc(F)c1F. The third kappa shape index (κ3) is 2.45. The normalized spacial score (nSPS) is 10.9. The first-order valence-corrected chi connectivity index (χ1v) is 7.70. The number of benzene rings is 1. The van der Waals surface area contributed by atoms with E-state index in [0.717, 1.165) is 10.7 Å². The van der Waals surface area contributed by atoms with Crippen LogP contribution >= 0.6 is 38.5 Å². The maximum atomic E-state index is 14.0. The van der Waals surface area contributed by atoms with E-state index in [-0.39, 0.29) is 17.3 Å². The van der Waals surface area contributed by atoms with Gasteiger partial charge in [-0.3, -0.25) is 0 Å². The lowest BCUT2D eigenvalue weighted by Crippen LogP contribution is -2.07. The van der Waals surface area contributed by atoms with E-state index in [1.807, 2.05) is 22.6 Å². The monoisotopic (exact) mass is 478 g/mol. The Morgan fingerprint density at radius 1 is 1.27 bits per heavy atom. The number of hydrogen-bond donors (Lipinski definition) is 1. The summed E-state index contributed by atoms with van der Waals surface area (Å²) in [6, 6.07) is 3.75. The van der Waals surface area contributed by atoms with Crippen molar-refractivity contribution in [2.24, 2.45) is 0 Å². The molecular weight excluding hydrogens is 473 g/mol. The van der Waals surface area contributed by atoms with Gasteiger partial charge in [-0.15, -0.1) is 5.10 Å². The Bertz CT molecular complexity index is 869. The van der Waals surface area contributed by atoms with E-state index in [1.54, 1.807) is 0 Å². The molecule has 0 saturated heterocycles. The van der Waals surface area contributed by atoms with Crippen LogP contribution in [-0.4, -0.2) is 25.2 Å². The van der Waals surface area contributed by atoms with Crippen LogP contribution in [0.5, 0.6) is 0 Å². The quantitative estimate of drug-likeness (QED) is 0.572. The predicted octanol–water partition coefficient (Wildman–Crippen LogP) is 2.95. The lowest BCUT2D eigenvalue weighted by atomic mass is 10.2. The van der Waals surface area contributed by atoms with Crippen LogP contribution < -0.4 is 5.73 Å². The Hall–Kier alpha value is -1.69. The Morgan fingerprint density at radius 3 is 2.82 bits per heavy atom. The topological polar surface area (TPSA) is 82.5 Å². The molecule has 2 N–H and O–H groups in total. The summed E-state index contributed by atoms with van der Waals surface area (Å²) in [5.41, 5.74) is 6.20. The Morgan fingerprint density at radius 2 is 2.05 bits per heavy atom. The summed E-state index contributed by atoms with van der Waals surface area (Å²) < 4.78 is 29.9. The molecule has 112 valence electrons. The van der Waals surface area contributed by atoms with Gasteiger partial charge < -0.3 is 5.73 Å². The Labute approximate surface area is 145 Å². The molecule has 2 aromatic heterocycles. The lowest BCUT2D eigenvalue weighted by molar-refractivity contribution is 0.501. The molecule has 0 aliphatic carbocycles. The van der Waals surface area contributed by atoms with Crippen molar-refractivity contribution < 1.29 is 8.78 Å². The van der Waals surface area contributed by atoms with Gasteiger partial charge in [0.25, 0.3) is 0 Å². The highest BCUT2D eigenvalue weighted by Gasteiger charge is 2.21. The zero-order chi connectivity index (χ0) is 15.9. The van der Waals surface area contributed by atoms with Crippen molar-refractivity contribution in [3.05, 3.63) is 44.1 Å². The predicted molar refractivity (Wildman–Crippen MR) is 87.1 cm³/mol. The van der Waals surface area contributed by atoms with E-state index in [9.17, 15) is 8.78 Å². The third-order valence-electron chi connectivity index (χ3n) is 2.85. The van der Waals surface area contributed by atoms with E-state index in [0.29, 0.717) is 13.6 Å². The summed E-state index contributed by atoms with van der Waals surface area (Å²) in [5, 5.41) is 11.1. The number of tetrazole rings is 1. The number of nitrogens with two attached hydrogens (primary N) is 1. The first-order chi connectivity index (χ1) is 10.5. The van der Waals surface area contributed by atoms with Crippen LogP contribution in [0.3, 0.4) is 0 Å². The fraction of sp³-hybridized carbons (Fsp3) is 0. The van der Waals surface area contributed by atoms with Gasteiger partial charge in [-0.25, -0.2) is 13.8 Å². The van der Waals surface area contributed by atoms with Crippen molar-refractivity contribution in [3.8, 4) is 17.1 Å². The number of aromatic nitrogens is 5. The van der Waals surface area contributed by atoms with Crippen LogP contribution in [0.4, 0.5) is 14.6 Å². The summed E-state index contributed by atoms with van der Waals surface area (Å²) in [6.45, 7) is 0. The summed E-state index contributed by atoms with van der Waals surface area (Å²) in [5.74, 6) is -1.69. The zero-order valence-corrected chi connectivity index (χ0v) is 14.4. The van der Waals surface area contributed by atoms with Crippen molar-refractivity contribution in [2.75, 3.05) is 5.73 Å². The number of nitrogen functional groups attached to an aromatic ring is 1. The van der Waals surface area contributed by atoms with Crippen molar-refractivity contribution >= 4 is 44.3 Å². The van der Waals surface area contributed by atoms with Crippen molar-refractivity contribution in [3.63, 3.8) is 0 Å². The van der Waals surface area contributed by atoms with Crippen molar-refractivity contribution in [2.45, 2.75) is 0 Å². The standard InChI is InChI=1S/C12H6BrF2IN6/c13-5-4-18-11(17)8(10(5)16)12-19-20-21-22(12)7-3-1-2-6(14)9(7)15/h1-4H,(H2,17,18). The second-order valence-electron chi connectivity index (χ2n) is 4.17. The molecule has 0 amide bonds. The van der Waals surface area contributed by atoms with Gasteiger partial charge in [-0.1, -0.05) is 6.07 Å². The largest absolute Gasteiger partial charge is 0.383 e. The molecule has 6 nitrogen and oxygen atoms in total. The van der Waals surface area contributed by atoms with Gasteiger partial charge >= 0.3 is 0 Å². The van der Waals surface area contributed by atoms with Crippen LogP contribution in [0.1, 0.15) is 0 Å². The maximum absolute atomic E-state index is 14.0. The van der Waals surface area contributed by atoms with Crippen LogP contribution in [0.25, 0.3) is 17.1 Å². The van der Waals surface area contributed by atoms with E-state index >= 15 is 0 Å². The number of hydrogen-bond acceptors (Lipinski definition) is 5. The van der Waals surface area contributed by atoms with Crippen LogP contribution in [-0.2, 0) is 0 Å². The van der Waals surface area contributed by atoms with Gasteiger partial charge in [0, 0.05) is 9.77 Å². The molecule has 10 heteroatoms. The molecule has 22 heavy (non-hydrogen) atoms. The number of nitrogens with zero attached hydrogens (tertiary/aromatic N) is 5. The lowest BCUT2D eigenvalue weighted by Gasteiger charge is -2.10. The molecule has 0 radical (unpaired) electrons. The van der Waals surface area contributed by atoms with Crippen LogP contribution in [0.2, 0.25) is 0 Å². The average Bonchev–Trinajstić information content (AvgIpc) is 2.95. The molecule has 0 atom stereocenters. The van der Waals surface area contributed by atoms with Gasteiger partial charge in [-0.2, -0.15) is 4.68 Å². The maximum Gasteiger partial charge on any atom is 0.192 e. The van der Waals surface area contributed by atoms with E-state index in [2.05, 4.69) is 36.4 Å². The summed E-state index contributed by atoms with van der Waals surface area (Å²) >= 11 is 5.37. The Balaban J connectivity index is 2.27. The second-order valence-corrected chi connectivity index (χ2v) is 6.10. The summed E-state index contributed by atoms with van der Waals surface area (Å²) in [6.07, 6.45) is 1.54. The highest BCUT2D eigenvalue weighted by Crippen LogP contribution is 2.33. The molecule has 2 heterocycles. The zero-order valence-electron chi connectivity index (χ0n) is 10.6. The highest BCUT2D eigenvalue weighted by molar-refractivity contribution is 14.1. The highest BCUT2D eigenvalue weighted by atomic mass is 127. The molecule has 0 spiro atoms. The number of pyridine rings is 1. The third-order valence-corrected chi connectivity index (χ3v) is 5.32. The molecular formula is C12H6BrF2IN6. The second kappa shape index (κ2) is 5.83. The molecule has 0 aliphatic rings. The smallest absolute Gasteiger partial charge is 0.192 e. The summed E-state index contributed by atoms with van der Waals surface area (Å²) in [4.78, 5) is 4.02. The molecule has 1 aromatic carbocycles. The molecule has 0 unspecified atom stereocenters. The van der Waals surface area contributed by atoms with E-state index in [1.165, 1.54) is 18.3 Å². The van der Waals surface area contributed by atoms with Gasteiger partial charge in [0.05, 0.1) is 10.0 Å². The fourth-order valence-electron chi connectivity index (χ4n) is 1.85.